The van der Waals surface area contributed by atoms with E-state index in [1.807, 2.05) is 25.7 Å². The molecule has 0 radical (unpaired) electrons. The molecule has 1 aromatic heterocycles. The topological polar surface area (TPSA) is 54.8 Å². The summed E-state index contributed by atoms with van der Waals surface area (Å²) in [7, 11) is 3.87. The molecule has 1 aliphatic carbocycles. The van der Waals surface area contributed by atoms with E-state index in [4.69, 9.17) is 0 Å². The van der Waals surface area contributed by atoms with E-state index >= 15 is 0 Å². The molecule has 1 aliphatic rings. The highest BCUT2D eigenvalue weighted by atomic mass is 32.2. The van der Waals surface area contributed by atoms with Crippen LogP contribution in [0.3, 0.4) is 0 Å². The van der Waals surface area contributed by atoms with Crippen molar-refractivity contribution in [2.45, 2.75) is 50.0 Å². The monoisotopic (exact) mass is 331 g/mol. The lowest BCUT2D eigenvalue weighted by molar-refractivity contribution is 0.463. The van der Waals surface area contributed by atoms with Crippen molar-refractivity contribution in [1.29, 1.82) is 0 Å². The van der Waals surface area contributed by atoms with E-state index in [-0.39, 0.29) is 0 Å². The molecule has 2 aromatic rings. The van der Waals surface area contributed by atoms with Gasteiger partial charge in [-0.15, -0.1) is 0 Å². The summed E-state index contributed by atoms with van der Waals surface area (Å²) in [4.78, 5) is 5.79. The Balaban J connectivity index is 1.93. The van der Waals surface area contributed by atoms with E-state index in [1.54, 1.807) is 11.9 Å². The molecule has 0 spiro atoms. The lowest BCUT2D eigenvalue weighted by atomic mass is 9.95. The third kappa shape index (κ3) is 3.87. The van der Waals surface area contributed by atoms with Gasteiger partial charge in [-0.3, -0.25) is 9.40 Å². The van der Waals surface area contributed by atoms with Crippen LogP contribution >= 0.6 is 11.9 Å². The van der Waals surface area contributed by atoms with Gasteiger partial charge in [0.25, 0.3) is 0 Å². The number of aryl methyl sites for hydroxylation is 2. The van der Waals surface area contributed by atoms with Gasteiger partial charge in [0.2, 0.25) is 0 Å². The summed E-state index contributed by atoms with van der Waals surface area (Å²) in [5.74, 6) is 1.72. The van der Waals surface area contributed by atoms with Crippen LogP contribution < -0.4 is 10.0 Å². The SMILES string of the molecule is CNSc1ccc(NC2CCCCC2)c(-c2nc(C)n(C)n2)c1. The lowest BCUT2D eigenvalue weighted by Gasteiger charge is -2.25. The van der Waals surface area contributed by atoms with Gasteiger partial charge in [-0.25, -0.2) is 4.98 Å². The van der Waals surface area contributed by atoms with Crippen LogP contribution in [0.2, 0.25) is 0 Å². The average Bonchev–Trinajstić information content (AvgIpc) is 2.89. The molecule has 0 atom stereocenters. The molecule has 6 heteroatoms. The van der Waals surface area contributed by atoms with Gasteiger partial charge in [0, 0.05) is 29.2 Å². The summed E-state index contributed by atoms with van der Waals surface area (Å²) in [6, 6.07) is 7.04. The summed E-state index contributed by atoms with van der Waals surface area (Å²) in [6.07, 6.45) is 6.51. The maximum absolute atomic E-state index is 4.62. The van der Waals surface area contributed by atoms with Crippen molar-refractivity contribution in [1.82, 2.24) is 19.5 Å². The minimum atomic E-state index is 0.565. The molecule has 5 nitrogen and oxygen atoms in total. The standard InChI is InChI=1S/C17H25N5S/c1-12-19-17(21-22(12)3)15-11-14(23-18-2)9-10-16(15)20-13-7-5-4-6-8-13/h9-11,13,18,20H,4-8H2,1-3H3. The molecule has 0 saturated heterocycles. The number of anilines is 1. The number of nitrogens with zero attached hydrogens (tertiary/aromatic N) is 3. The molecule has 1 fully saturated rings. The molecule has 1 heterocycles. The van der Waals surface area contributed by atoms with E-state index in [0.717, 1.165) is 22.9 Å². The molecular weight excluding hydrogens is 306 g/mol. The Morgan fingerprint density at radius 3 is 2.65 bits per heavy atom. The third-order valence-electron chi connectivity index (χ3n) is 4.40. The number of nitrogens with one attached hydrogen (secondary N) is 2. The van der Waals surface area contributed by atoms with E-state index in [1.165, 1.54) is 37.0 Å². The van der Waals surface area contributed by atoms with Crippen LogP contribution in [0, 0.1) is 6.92 Å². The van der Waals surface area contributed by atoms with Crippen molar-refractivity contribution in [3.63, 3.8) is 0 Å². The number of hydrogen-bond donors (Lipinski definition) is 2. The summed E-state index contributed by atoms with van der Waals surface area (Å²) in [6.45, 7) is 1.98. The Labute approximate surface area is 142 Å². The predicted molar refractivity (Wildman–Crippen MR) is 96.6 cm³/mol. The molecule has 0 amide bonds. The van der Waals surface area contributed by atoms with Crippen molar-refractivity contribution >= 4 is 17.6 Å². The lowest BCUT2D eigenvalue weighted by Crippen LogP contribution is -2.22. The zero-order valence-corrected chi connectivity index (χ0v) is 14.9. The van der Waals surface area contributed by atoms with Gasteiger partial charge in [0.15, 0.2) is 5.82 Å². The second-order valence-electron chi connectivity index (χ2n) is 6.10. The fourth-order valence-electron chi connectivity index (χ4n) is 3.06. The second kappa shape index (κ2) is 7.36. The molecule has 1 saturated carbocycles. The van der Waals surface area contributed by atoms with Gasteiger partial charge in [0.05, 0.1) is 0 Å². The molecule has 2 N–H and O–H groups in total. The third-order valence-corrected chi connectivity index (χ3v) is 5.09. The smallest absolute Gasteiger partial charge is 0.183 e. The van der Waals surface area contributed by atoms with E-state index in [2.05, 4.69) is 38.3 Å². The molecule has 0 unspecified atom stereocenters. The molecule has 3 rings (SSSR count). The minimum absolute atomic E-state index is 0.565. The first-order valence-electron chi connectivity index (χ1n) is 8.29. The van der Waals surface area contributed by atoms with Gasteiger partial charge in [-0.1, -0.05) is 19.3 Å². The molecule has 0 bridgehead atoms. The van der Waals surface area contributed by atoms with Crippen molar-refractivity contribution in [2.75, 3.05) is 12.4 Å². The number of aromatic nitrogens is 3. The van der Waals surface area contributed by atoms with Crippen LogP contribution in [0.15, 0.2) is 23.1 Å². The summed E-state index contributed by atoms with van der Waals surface area (Å²) in [5.41, 5.74) is 2.22. The number of hydrogen-bond acceptors (Lipinski definition) is 5. The van der Waals surface area contributed by atoms with Crippen molar-refractivity contribution in [2.24, 2.45) is 7.05 Å². The van der Waals surface area contributed by atoms with E-state index < -0.39 is 0 Å². The fraction of sp³-hybridized carbons (Fsp3) is 0.529. The van der Waals surface area contributed by atoms with Crippen LogP contribution in [-0.4, -0.2) is 27.9 Å². The summed E-state index contributed by atoms with van der Waals surface area (Å²) in [5, 5.41) is 8.30. The quantitative estimate of drug-likeness (QED) is 0.817. The molecule has 23 heavy (non-hydrogen) atoms. The largest absolute Gasteiger partial charge is 0.382 e. The fourth-order valence-corrected chi connectivity index (χ4v) is 3.61. The van der Waals surface area contributed by atoms with Gasteiger partial charge >= 0.3 is 0 Å². The Bertz CT molecular complexity index is 641. The Hall–Kier alpha value is -1.53. The van der Waals surface area contributed by atoms with Gasteiger partial charge < -0.3 is 5.32 Å². The maximum atomic E-state index is 4.62. The Morgan fingerprint density at radius 2 is 2.00 bits per heavy atom. The second-order valence-corrected chi connectivity index (χ2v) is 7.18. The molecule has 124 valence electrons. The summed E-state index contributed by atoms with van der Waals surface area (Å²) < 4.78 is 4.96. The van der Waals surface area contributed by atoms with E-state index in [0.29, 0.717) is 6.04 Å². The molecule has 1 aromatic carbocycles. The van der Waals surface area contributed by atoms with Crippen molar-refractivity contribution in [3.8, 4) is 11.4 Å². The summed E-state index contributed by atoms with van der Waals surface area (Å²) >= 11 is 1.61. The van der Waals surface area contributed by atoms with Crippen LogP contribution in [0.1, 0.15) is 37.9 Å². The van der Waals surface area contributed by atoms with Crippen molar-refractivity contribution < 1.29 is 0 Å². The highest BCUT2D eigenvalue weighted by Crippen LogP contribution is 2.32. The van der Waals surface area contributed by atoms with Crippen LogP contribution in [0.25, 0.3) is 11.4 Å². The first-order chi connectivity index (χ1) is 11.2. The predicted octanol–water partition coefficient (Wildman–Crippen LogP) is 3.76. The van der Waals surface area contributed by atoms with Gasteiger partial charge in [-0.2, -0.15) is 5.10 Å². The number of rotatable bonds is 5. The normalized spacial score (nSPS) is 15.8. The Kier molecular flexibility index (Phi) is 5.23. The molecular formula is C17H25N5S. The van der Waals surface area contributed by atoms with Crippen LogP contribution in [0.4, 0.5) is 5.69 Å². The zero-order chi connectivity index (χ0) is 16.2. The van der Waals surface area contributed by atoms with Gasteiger partial charge in [-0.05, 0) is 57.0 Å². The van der Waals surface area contributed by atoms with Gasteiger partial charge in [0.1, 0.15) is 5.82 Å². The van der Waals surface area contributed by atoms with Crippen LogP contribution in [0.5, 0.6) is 0 Å². The highest BCUT2D eigenvalue weighted by Gasteiger charge is 2.17. The first-order valence-corrected chi connectivity index (χ1v) is 9.11. The molecule has 0 aliphatic heterocycles. The number of benzene rings is 1. The first kappa shape index (κ1) is 16.3. The Morgan fingerprint density at radius 1 is 1.22 bits per heavy atom. The highest BCUT2D eigenvalue weighted by molar-refractivity contribution is 7.97. The average molecular weight is 331 g/mol. The van der Waals surface area contributed by atoms with Crippen molar-refractivity contribution in [3.05, 3.63) is 24.0 Å². The zero-order valence-electron chi connectivity index (χ0n) is 14.1. The minimum Gasteiger partial charge on any atom is -0.382 e. The van der Waals surface area contributed by atoms with E-state index in [9.17, 15) is 0 Å². The van der Waals surface area contributed by atoms with Crippen LogP contribution in [-0.2, 0) is 7.05 Å². The maximum Gasteiger partial charge on any atom is 0.183 e.